The molecule has 0 aliphatic carbocycles. The first-order valence-corrected chi connectivity index (χ1v) is 9.04. The number of carbonyl (C=O) groups excluding carboxylic acids is 1. The summed E-state index contributed by atoms with van der Waals surface area (Å²) in [6, 6.07) is 10.3. The zero-order chi connectivity index (χ0) is 20.3. The second-order valence-corrected chi connectivity index (χ2v) is 6.91. The Morgan fingerprint density at radius 2 is 2.00 bits per heavy atom. The molecule has 0 fully saturated rings. The molecule has 2 N–H and O–H groups in total. The van der Waals surface area contributed by atoms with Crippen LogP contribution in [0.1, 0.15) is 13.3 Å². The highest BCUT2D eigenvalue weighted by atomic mass is 16.6. The molecule has 0 radical (unpaired) electrons. The number of benzene rings is 2. The molecule has 0 bridgehead atoms. The number of nitrogens with one attached hydrogen (secondary N) is 2. The molecule has 1 amide bonds. The van der Waals surface area contributed by atoms with Gasteiger partial charge in [-0.05, 0) is 51.3 Å². The van der Waals surface area contributed by atoms with Crippen LogP contribution in [0.5, 0.6) is 0 Å². The zero-order valence-electron chi connectivity index (χ0n) is 16.2. The third kappa shape index (κ3) is 4.17. The third-order valence-electron chi connectivity index (χ3n) is 4.38. The summed E-state index contributed by atoms with van der Waals surface area (Å²) in [4.78, 5) is 29.3. The monoisotopic (exact) mass is 381 g/mol. The lowest BCUT2D eigenvalue weighted by Crippen LogP contribution is -2.16. The van der Waals surface area contributed by atoms with E-state index in [1.165, 1.54) is 13.0 Å². The summed E-state index contributed by atoms with van der Waals surface area (Å²) in [5, 5.41) is 19.0. The number of fused-ring (bicyclic) bond motifs is 2. The van der Waals surface area contributed by atoms with Gasteiger partial charge in [0.25, 0.3) is 5.69 Å². The van der Waals surface area contributed by atoms with Gasteiger partial charge in [0.2, 0.25) is 5.91 Å². The summed E-state index contributed by atoms with van der Waals surface area (Å²) in [6.45, 7) is 3.02. The van der Waals surface area contributed by atoms with E-state index in [4.69, 9.17) is 0 Å². The van der Waals surface area contributed by atoms with Gasteiger partial charge in [0.15, 0.2) is 0 Å². The van der Waals surface area contributed by atoms with Crippen LogP contribution in [0, 0.1) is 10.1 Å². The lowest BCUT2D eigenvalue weighted by Gasteiger charge is -2.15. The fourth-order valence-electron chi connectivity index (χ4n) is 3.20. The topological polar surface area (TPSA) is 100 Å². The van der Waals surface area contributed by atoms with Crippen LogP contribution in [0.3, 0.4) is 0 Å². The Hall–Kier alpha value is -3.26. The summed E-state index contributed by atoms with van der Waals surface area (Å²) in [6.07, 6.45) is 0.892. The van der Waals surface area contributed by atoms with Crippen LogP contribution in [-0.4, -0.2) is 47.9 Å². The van der Waals surface area contributed by atoms with Crippen LogP contribution < -0.4 is 10.6 Å². The maximum Gasteiger partial charge on any atom is 0.280 e. The number of rotatable bonds is 7. The van der Waals surface area contributed by atoms with Crippen molar-refractivity contribution in [3.05, 3.63) is 46.5 Å². The number of nitrogens with zero attached hydrogens (tertiary/aromatic N) is 3. The number of nitro groups is 1. The van der Waals surface area contributed by atoms with Crippen molar-refractivity contribution in [3.63, 3.8) is 0 Å². The van der Waals surface area contributed by atoms with Crippen LogP contribution in [0.15, 0.2) is 36.4 Å². The minimum absolute atomic E-state index is 0.0212. The van der Waals surface area contributed by atoms with Crippen molar-refractivity contribution >= 4 is 44.8 Å². The molecule has 1 aromatic heterocycles. The summed E-state index contributed by atoms with van der Waals surface area (Å²) in [5.74, 6) is -0.169. The second kappa shape index (κ2) is 8.18. The first kappa shape index (κ1) is 19.5. The number of non-ortho nitro benzene ring substituents is 1. The molecule has 0 spiro atoms. The maximum atomic E-state index is 11.6. The Bertz CT molecular complexity index is 1050. The van der Waals surface area contributed by atoms with E-state index >= 15 is 0 Å². The van der Waals surface area contributed by atoms with Gasteiger partial charge in [-0.1, -0.05) is 6.07 Å². The van der Waals surface area contributed by atoms with E-state index in [2.05, 4.69) is 20.5 Å². The van der Waals surface area contributed by atoms with E-state index in [9.17, 15) is 14.9 Å². The third-order valence-corrected chi connectivity index (χ3v) is 4.38. The van der Waals surface area contributed by atoms with Gasteiger partial charge in [0, 0.05) is 30.6 Å². The van der Waals surface area contributed by atoms with Crippen molar-refractivity contribution in [2.75, 3.05) is 37.8 Å². The lowest BCUT2D eigenvalue weighted by molar-refractivity contribution is -0.383. The van der Waals surface area contributed by atoms with E-state index in [1.54, 1.807) is 24.3 Å². The highest BCUT2D eigenvalue weighted by Crippen LogP contribution is 2.37. The van der Waals surface area contributed by atoms with Crippen molar-refractivity contribution in [3.8, 4) is 0 Å². The number of nitro benzene ring substituents is 1. The maximum absolute atomic E-state index is 11.6. The second-order valence-electron chi connectivity index (χ2n) is 6.91. The Morgan fingerprint density at radius 1 is 1.21 bits per heavy atom. The summed E-state index contributed by atoms with van der Waals surface area (Å²) >= 11 is 0. The van der Waals surface area contributed by atoms with Crippen molar-refractivity contribution in [2.45, 2.75) is 13.3 Å². The van der Waals surface area contributed by atoms with Crippen LogP contribution >= 0.6 is 0 Å². The molecule has 1 heterocycles. The van der Waals surface area contributed by atoms with Gasteiger partial charge in [-0.15, -0.1) is 0 Å². The molecule has 3 rings (SSSR count). The number of hydrogen-bond acceptors (Lipinski definition) is 6. The predicted octanol–water partition coefficient (Wildman–Crippen LogP) is 3.62. The molecule has 0 saturated heterocycles. The fourth-order valence-corrected chi connectivity index (χ4v) is 3.20. The molecule has 8 nitrogen and oxygen atoms in total. The number of aromatic nitrogens is 1. The molecule has 0 unspecified atom stereocenters. The fraction of sp³-hybridized carbons (Fsp3) is 0.300. The smallest absolute Gasteiger partial charge is 0.280 e. The molecule has 0 aliphatic rings. The molecular formula is C20H23N5O3. The molecule has 146 valence electrons. The van der Waals surface area contributed by atoms with Crippen LogP contribution in [0.2, 0.25) is 0 Å². The molecule has 0 atom stereocenters. The highest BCUT2D eigenvalue weighted by Gasteiger charge is 2.19. The Labute approximate surface area is 162 Å². The van der Waals surface area contributed by atoms with E-state index in [0.717, 1.165) is 18.4 Å². The number of pyridine rings is 1. The van der Waals surface area contributed by atoms with Crippen molar-refractivity contribution in [1.82, 2.24) is 9.88 Å². The molecular weight excluding hydrogens is 358 g/mol. The molecule has 28 heavy (non-hydrogen) atoms. The van der Waals surface area contributed by atoms with E-state index < -0.39 is 0 Å². The van der Waals surface area contributed by atoms with Crippen molar-refractivity contribution in [2.24, 2.45) is 0 Å². The lowest BCUT2D eigenvalue weighted by atomic mass is 10.1. The summed E-state index contributed by atoms with van der Waals surface area (Å²) in [7, 11) is 4.01. The van der Waals surface area contributed by atoms with Gasteiger partial charge in [-0.25, -0.2) is 4.98 Å². The average molecular weight is 381 g/mol. The molecule has 2 aromatic carbocycles. The normalized spacial score (nSPS) is 11.1. The predicted molar refractivity (Wildman–Crippen MR) is 112 cm³/mol. The number of carbonyl (C=O) groups is 1. The molecule has 8 heteroatoms. The SMILES string of the molecule is CC(=O)Nc1ccc2c(NCCCN(C)C)c3c([N+](=O)[O-])cccc3nc2c1. The minimum atomic E-state index is -0.382. The van der Waals surface area contributed by atoms with Crippen molar-refractivity contribution in [1.29, 1.82) is 0 Å². The molecule has 0 saturated carbocycles. The van der Waals surface area contributed by atoms with Crippen molar-refractivity contribution < 1.29 is 9.72 Å². The van der Waals surface area contributed by atoms with Crippen LogP contribution in [0.4, 0.5) is 17.1 Å². The van der Waals surface area contributed by atoms with Crippen LogP contribution in [-0.2, 0) is 4.79 Å². The minimum Gasteiger partial charge on any atom is -0.384 e. The quantitative estimate of drug-likeness (QED) is 0.281. The van der Waals surface area contributed by atoms with E-state index in [0.29, 0.717) is 34.3 Å². The number of anilines is 2. The first-order valence-electron chi connectivity index (χ1n) is 9.04. The average Bonchev–Trinajstić information content (AvgIpc) is 2.62. The van der Waals surface area contributed by atoms with Gasteiger partial charge in [-0.2, -0.15) is 0 Å². The summed E-state index contributed by atoms with van der Waals surface area (Å²) in [5.41, 5.74) is 2.55. The largest absolute Gasteiger partial charge is 0.384 e. The first-order chi connectivity index (χ1) is 13.4. The highest BCUT2D eigenvalue weighted by molar-refractivity contribution is 6.11. The Kier molecular flexibility index (Phi) is 5.70. The Balaban J connectivity index is 2.16. The zero-order valence-corrected chi connectivity index (χ0v) is 16.2. The summed E-state index contributed by atoms with van der Waals surface area (Å²) < 4.78 is 0. The van der Waals surface area contributed by atoms with E-state index in [1.807, 2.05) is 20.2 Å². The number of hydrogen-bond donors (Lipinski definition) is 2. The Morgan fingerprint density at radius 3 is 2.68 bits per heavy atom. The van der Waals surface area contributed by atoms with Gasteiger partial charge in [0.1, 0.15) is 5.39 Å². The molecule has 0 aliphatic heterocycles. The van der Waals surface area contributed by atoms with Crippen LogP contribution in [0.25, 0.3) is 21.8 Å². The van der Waals surface area contributed by atoms with Gasteiger partial charge >= 0.3 is 0 Å². The molecule has 3 aromatic rings. The van der Waals surface area contributed by atoms with Gasteiger partial charge in [0.05, 0.1) is 21.6 Å². The number of amides is 1. The van der Waals surface area contributed by atoms with Gasteiger partial charge < -0.3 is 15.5 Å². The van der Waals surface area contributed by atoms with Gasteiger partial charge in [-0.3, -0.25) is 14.9 Å². The standard InChI is InChI=1S/C20H23N5O3/c1-13(26)22-14-8-9-15-17(12-14)23-16-6-4-7-18(25(27)28)19(16)20(15)21-10-5-11-24(2)3/h4,6-9,12H,5,10-11H2,1-3H3,(H,21,23)(H,22,26). The van der Waals surface area contributed by atoms with E-state index in [-0.39, 0.29) is 16.5 Å².